The molecule has 0 aromatic rings. The van der Waals surface area contributed by atoms with Crippen molar-refractivity contribution in [3.05, 3.63) is 34.2 Å². The van der Waals surface area contributed by atoms with E-state index in [0.29, 0.717) is 5.88 Å². The first-order valence-electron chi connectivity index (χ1n) is 3.55. The fraction of sp³-hybridized carbons (Fsp3) is 0.333. The zero-order valence-corrected chi connectivity index (χ0v) is 10.0. The Labute approximate surface area is 85.6 Å². The van der Waals surface area contributed by atoms with Crippen LogP contribution >= 0.6 is 11.6 Å². The van der Waals surface area contributed by atoms with Crippen molar-refractivity contribution in [3.8, 4) is 0 Å². The Hall–Kier alpha value is 0.393. The molecule has 0 aromatic carbocycles. The average molecular weight is 248 g/mol. The topological polar surface area (TPSA) is 0 Å². The van der Waals surface area contributed by atoms with Gasteiger partial charge in [-0.25, -0.2) is 0 Å². The third-order valence-corrected chi connectivity index (χ3v) is 3.91. The van der Waals surface area contributed by atoms with E-state index in [1.54, 1.807) is 9.36 Å². The fourth-order valence-electron chi connectivity index (χ4n) is 0.633. The van der Waals surface area contributed by atoms with Crippen LogP contribution < -0.4 is 0 Å². The van der Waals surface area contributed by atoms with Gasteiger partial charge in [0.25, 0.3) is 0 Å². The van der Waals surface area contributed by atoms with Crippen LogP contribution in [0.4, 0.5) is 0 Å². The van der Waals surface area contributed by atoms with E-state index in [1.807, 2.05) is 0 Å². The molecule has 0 unspecified atom stereocenters. The van der Waals surface area contributed by atoms with Crippen LogP contribution in [0.15, 0.2) is 34.2 Å². The minimum atomic E-state index is -0.0408. The van der Waals surface area contributed by atoms with Crippen molar-refractivity contribution in [2.45, 2.75) is 11.1 Å². The summed E-state index contributed by atoms with van der Waals surface area (Å²) in [5.74, 6) is 0.556. The van der Waals surface area contributed by atoms with Crippen LogP contribution in [0.25, 0.3) is 0 Å². The molecule has 0 aromatic heterocycles. The van der Waals surface area contributed by atoms with Gasteiger partial charge in [0, 0.05) is 5.88 Å². The van der Waals surface area contributed by atoms with Crippen molar-refractivity contribution >= 4 is 11.6 Å². The third kappa shape index (κ3) is 6.78. The molecule has 0 spiro atoms. The molecule has 0 aliphatic heterocycles. The van der Waals surface area contributed by atoms with E-state index in [4.69, 9.17) is 11.6 Å². The summed E-state index contributed by atoms with van der Waals surface area (Å²) in [6.45, 7) is 3.35. The van der Waals surface area contributed by atoms with Gasteiger partial charge in [0.2, 0.25) is 0 Å². The van der Waals surface area contributed by atoms with E-state index in [1.165, 1.54) is 6.42 Å². The second kappa shape index (κ2) is 8.49. The van der Waals surface area contributed by atoms with Crippen LogP contribution in [0, 0.1) is 0 Å². The van der Waals surface area contributed by atoms with Gasteiger partial charge in [-0.2, -0.15) is 0 Å². The maximum atomic E-state index is 5.07. The second-order valence-corrected chi connectivity index (χ2v) is 5.13. The first kappa shape index (κ1) is 11.4. The van der Waals surface area contributed by atoms with Gasteiger partial charge in [-0.3, -0.25) is 0 Å². The number of hydrogen-bond acceptors (Lipinski definition) is 0. The Balaban J connectivity index is 0.000000218. The Morgan fingerprint density at radius 2 is 2.45 bits per heavy atom. The summed E-state index contributed by atoms with van der Waals surface area (Å²) in [6.07, 6.45) is 9.58. The molecule has 0 fully saturated rings. The van der Waals surface area contributed by atoms with E-state index in [9.17, 15) is 0 Å². The molecule has 1 aliphatic carbocycles. The molecule has 0 atom stereocenters. The SMILES string of the molecule is C=CCCl.[CH3][Zr][C]1=CC=CC1. The van der Waals surface area contributed by atoms with Crippen molar-refractivity contribution in [1.82, 2.24) is 0 Å². The van der Waals surface area contributed by atoms with Crippen molar-refractivity contribution in [3.63, 3.8) is 0 Å². The van der Waals surface area contributed by atoms with Crippen molar-refractivity contribution in [1.29, 1.82) is 0 Å². The third-order valence-electron chi connectivity index (χ3n) is 1.20. The molecule has 0 heterocycles. The van der Waals surface area contributed by atoms with Crippen molar-refractivity contribution in [2.24, 2.45) is 0 Å². The molecule has 1 aliphatic rings. The van der Waals surface area contributed by atoms with E-state index in [-0.39, 0.29) is 23.2 Å². The minimum absolute atomic E-state index is 0.0408. The zero-order valence-electron chi connectivity index (χ0n) is 6.81. The van der Waals surface area contributed by atoms with Gasteiger partial charge in [0.05, 0.1) is 0 Å². The molecule has 1 rings (SSSR count). The molecule has 11 heavy (non-hydrogen) atoms. The molecule has 0 radical (unpaired) electrons. The summed E-state index contributed by atoms with van der Waals surface area (Å²) < 4.78 is 4.09. The molecule has 0 saturated carbocycles. The van der Waals surface area contributed by atoms with Crippen molar-refractivity contribution < 1.29 is 23.2 Å². The van der Waals surface area contributed by atoms with Crippen LogP contribution in [0.1, 0.15) is 6.42 Å². The van der Waals surface area contributed by atoms with Gasteiger partial charge in [0.1, 0.15) is 0 Å². The van der Waals surface area contributed by atoms with Gasteiger partial charge in [-0.1, -0.05) is 6.08 Å². The Morgan fingerprint density at radius 1 is 1.82 bits per heavy atom. The Kier molecular flexibility index (Phi) is 8.79. The number of hydrogen-bond donors (Lipinski definition) is 0. The van der Waals surface area contributed by atoms with Crippen LogP contribution in [0.5, 0.6) is 0 Å². The van der Waals surface area contributed by atoms with E-state index in [2.05, 4.69) is 29.4 Å². The molecule has 60 valence electrons. The molecule has 0 bridgehead atoms. The molecular weight excluding hydrogens is 235 g/mol. The fourth-order valence-corrected chi connectivity index (χ4v) is 2.07. The van der Waals surface area contributed by atoms with Crippen molar-refractivity contribution in [2.75, 3.05) is 5.88 Å². The van der Waals surface area contributed by atoms with E-state index in [0.717, 1.165) is 0 Å². The Morgan fingerprint density at radius 3 is 2.64 bits per heavy atom. The van der Waals surface area contributed by atoms with E-state index >= 15 is 0 Å². The molecule has 0 saturated heterocycles. The quantitative estimate of drug-likeness (QED) is 0.519. The van der Waals surface area contributed by atoms with Gasteiger partial charge < -0.3 is 0 Å². The summed E-state index contributed by atoms with van der Waals surface area (Å²) in [5, 5.41) is 0. The van der Waals surface area contributed by atoms with E-state index < -0.39 is 0 Å². The molecular formula is C9H13ClZr. The van der Waals surface area contributed by atoms with Gasteiger partial charge in [-0.05, 0) is 0 Å². The number of allylic oxidation sites excluding steroid dienone is 5. The predicted molar refractivity (Wildman–Crippen MR) is 48.6 cm³/mol. The summed E-state index contributed by atoms with van der Waals surface area (Å²) in [5.41, 5.74) is 0. The summed E-state index contributed by atoms with van der Waals surface area (Å²) >= 11 is 5.03. The van der Waals surface area contributed by atoms with Crippen LogP contribution in [0.2, 0.25) is 4.63 Å². The molecule has 0 nitrogen and oxygen atoms in total. The van der Waals surface area contributed by atoms with Gasteiger partial charge >= 0.3 is 55.8 Å². The summed E-state index contributed by atoms with van der Waals surface area (Å²) in [7, 11) is 0. The number of alkyl halides is 1. The van der Waals surface area contributed by atoms with Gasteiger partial charge in [0.15, 0.2) is 0 Å². The first-order valence-corrected chi connectivity index (χ1v) is 7.77. The summed E-state index contributed by atoms with van der Waals surface area (Å²) in [4.78, 5) is 0. The Bertz CT molecular complexity index is 159. The molecule has 0 amide bonds. The van der Waals surface area contributed by atoms with Crippen LogP contribution in [-0.2, 0) is 23.2 Å². The normalized spacial score (nSPS) is 13.1. The van der Waals surface area contributed by atoms with Crippen LogP contribution in [0.3, 0.4) is 0 Å². The summed E-state index contributed by atoms with van der Waals surface area (Å²) in [6, 6.07) is 0. The maximum absolute atomic E-state index is 5.07. The monoisotopic (exact) mass is 246 g/mol. The number of halogens is 1. The second-order valence-electron chi connectivity index (χ2n) is 2.02. The first-order chi connectivity index (χ1) is 5.35. The number of rotatable bonds is 2. The molecule has 2 heteroatoms. The standard InChI is InChI=1S/C5H5.C3H5Cl.CH3.Zr/c1-2-4-5-3-1;1-2-3-4;;/h1-3H,4H2;2H,1,3H2;1H3;. The van der Waals surface area contributed by atoms with Gasteiger partial charge in [-0.15, -0.1) is 18.2 Å². The molecule has 0 N–H and O–H groups in total. The zero-order chi connectivity index (χ0) is 8.53. The average Bonchev–Trinajstić information content (AvgIpc) is 2.56. The predicted octanol–water partition coefficient (Wildman–Crippen LogP) is 3.37. The van der Waals surface area contributed by atoms with Crippen LogP contribution in [-0.4, -0.2) is 5.88 Å².